The average Bonchev–Trinajstić information content (AvgIpc) is 2.84. The molecule has 3 aromatic rings. The quantitative estimate of drug-likeness (QED) is 0.581. The summed E-state index contributed by atoms with van der Waals surface area (Å²) < 4.78 is 1.99. The van der Waals surface area contributed by atoms with Gasteiger partial charge >= 0.3 is 5.97 Å². The van der Waals surface area contributed by atoms with Crippen molar-refractivity contribution < 1.29 is 9.90 Å². The van der Waals surface area contributed by atoms with Crippen molar-refractivity contribution >= 4 is 55.5 Å². The number of hydrogen-bond donors (Lipinski definition) is 2. The lowest BCUT2D eigenvalue weighted by Crippen LogP contribution is -1.96. The molecule has 0 radical (unpaired) electrons. The molecule has 0 amide bonds. The van der Waals surface area contributed by atoms with Crippen LogP contribution in [0.4, 0.5) is 0 Å². The first-order chi connectivity index (χ1) is 9.56. The molecule has 0 bridgehead atoms. The first kappa shape index (κ1) is 13.6. The monoisotopic (exact) mass is 442 g/mol. The summed E-state index contributed by atoms with van der Waals surface area (Å²) in [4.78, 5) is 18.8. The molecule has 1 aromatic heterocycles. The van der Waals surface area contributed by atoms with Gasteiger partial charge in [0.1, 0.15) is 11.3 Å². The van der Waals surface area contributed by atoms with E-state index in [0.29, 0.717) is 11.3 Å². The third kappa shape index (κ3) is 2.33. The van der Waals surface area contributed by atoms with E-state index in [-0.39, 0.29) is 5.56 Å². The van der Waals surface area contributed by atoms with Gasteiger partial charge in [-0.15, -0.1) is 0 Å². The van der Waals surface area contributed by atoms with Crippen LogP contribution in [0.25, 0.3) is 22.4 Å². The number of aromatic amines is 1. The molecule has 0 unspecified atom stereocenters. The molecule has 0 atom stereocenters. The molecule has 0 spiro atoms. The number of halogens is 2. The van der Waals surface area contributed by atoms with Gasteiger partial charge < -0.3 is 10.1 Å². The molecule has 0 saturated carbocycles. The Kier molecular flexibility index (Phi) is 3.51. The number of nitrogens with one attached hydrogen (secondary N) is 1. The van der Waals surface area contributed by atoms with Gasteiger partial charge in [0, 0.05) is 13.6 Å². The highest BCUT2D eigenvalue weighted by Gasteiger charge is 2.14. The second kappa shape index (κ2) is 5.17. The summed E-state index contributed by atoms with van der Waals surface area (Å²) in [6.07, 6.45) is 0. The Morgan fingerprint density at radius 2 is 2.10 bits per heavy atom. The number of hydrogen-bond acceptors (Lipinski definition) is 2. The molecule has 0 fully saturated rings. The standard InChI is InChI=1S/C14H8BrIN2O2/c15-7-4-5-10(16)9(6-7)13-17-11-3-1-2-8(14(19)20)12(11)18-13/h1-6H,(H,17,18)(H,19,20). The third-order valence-corrected chi connectivity index (χ3v) is 4.36. The fourth-order valence-corrected chi connectivity index (χ4v) is 2.96. The predicted octanol–water partition coefficient (Wildman–Crippen LogP) is 4.30. The van der Waals surface area contributed by atoms with Crippen LogP contribution in [-0.4, -0.2) is 21.0 Å². The molecule has 20 heavy (non-hydrogen) atoms. The Hall–Kier alpha value is -1.41. The number of fused-ring (bicyclic) bond motifs is 1. The molecule has 0 aliphatic carbocycles. The molecule has 100 valence electrons. The molecule has 0 aliphatic heterocycles. The second-order valence-electron chi connectivity index (χ2n) is 4.22. The number of carboxylic acid groups (broad SMARTS) is 1. The summed E-state index contributed by atoms with van der Waals surface area (Å²) in [6, 6.07) is 11.0. The fraction of sp³-hybridized carbons (Fsp3) is 0. The summed E-state index contributed by atoms with van der Waals surface area (Å²) in [7, 11) is 0. The predicted molar refractivity (Wildman–Crippen MR) is 88.9 cm³/mol. The van der Waals surface area contributed by atoms with Crippen LogP contribution in [0.1, 0.15) is 10.4 Å². The molecule has 0 saturated heterocycles. The van der Waals surface area contributed by atoms with Crippen LogP contribution in [0.3, 0.4) is 0 Å². The summed E-state index contributed by atoms with van der Waals surface area (Å²) in [5, 5.41) is 9.20. The van der Waals surface area contributed by atoms with Crippen LogP contribution in [0.5, 0.6) is 0 Å². The smallest absolute Gasteiger partial charge is 0.337 e. The number of carbonyl (C=O) groups is 1. The highest BCUT2D eigenvalue weighted by molar-refractivity contribution is 14.1. The fourth-order valence-electron chi connectivity index (χ4n) is 2.01. The summed E-state index contributed by atoms with van der Waals surface area (Å²) in [5.74, 6) is -0.308. The van der Waals surface area contributed by atoms with E-state index in [2.05, 4.69) is 48.5 Å². The lowest BCUT2D eigenvalue weighted by atomic mass is 10.2. The van der Waals surface area contributed by atoms with Crippen molar-refractivity contribution in [1.29, 1.82) is 0 Å². The first-order valence-corrected chi connectivity index (χ1v) is 7.61. The van der Waals surface area contributed by atoms with Gasteiger partial charge in [0.05, 0.1) is 11.1 Å². The second-order valence-corrected chi connectivity index (χ2v) is 6.29. The summed E-state index contributed by atoms with van der Waals surface area (Å²) in [6.45, 7) is 0. The number of aromatic nitrogens is 2. The van der Waals surface area contributed by atoms with Crippen molar-refractivity contribution in [3.63, 3.8) is 0 Å². The zero-order chi connectivity index (χ0) is 14.3. The Balaban J connectivity index is 2.26. The number of aromatic carboxylic acids is 1. The Labute approximate surface area is 136 Å². The van der Waals surface area contributed by atoms with Gasteiger partial charge in [-0.1, -0.05) is 22.0 Å². The number of rotatable bonds is 2. The van der Waals surface area contributed by atoms with Crippen LogP contribution in [0, 0.1) is 3.57 Å². The van der Waals surface area contributed by atoms with E-state index in [4.69, 9.17) is 0 Å². The largest absolute Gasteiger partial charge is 0.478 e. The van der Waals surface area contributed by atoms with Gasteiger partial charge in [0.2, 0.25) is 0 Å². The highest BCUT2D eigenvalue weighted by atomic mass is 127. The molecule has 1 heterocycles. The average molecular weight is 443 g/mol. The molecule has 4 nitrogen and oxygen atoms in total. The Bertz CT molecular complexity index is 829. The van der Waals surface area contributed by atoms with Gasteiger partial charge in [-0.05, 0) is 52.9 Å². The zero-order valence-corrected chi connectivity index (χ0v) is 13.8. The minimum absolute atomic E-state index is 0.204. The first-order valence-electron chi connectivity index (χ1n) is 5.73. The van der Waals surface area contributed by atoms with Gasteiger partial charge in [-0.2, -0.15) is 0 Å². The van der Waals surface area contributed by atoms with E-state index in [1.807, 2.05) is 24.3 Å². The molecule has 3 rings (SSSR count). The van der Waals surface area contributed by atoms with Crippen LogP contribution in [0.2, 0.25) is 0 Å². The Morgan fingerprint density at radius 3 is 2.85 bits per heavy atom. The lowest BCUT2D eigenvalue weighted by Gasteiger charge is -2.01. The number of carboxylic acids is 1. The van der Waals surface area contributed by atoms with Crippen LogP contribution < -0.4 is 0 Å². The van der Waals surface area contributed by atoms with Crippen molar-refractivity contribution in [3.05, 3.63) is 50.0 Å². The number of H-pyrrole nitrogens is 1. The van der Waals surface area contributed by atoms with Crippen LogP contribution >= 0.6 is 38.5 Å². The van der Waals surface area contributed by atoms with Gasteiger partial charge in [0.25, 0.3) is 0 Å². The number of imidazole rings is 1. The van der Waals surface area contributed by atoms with Gasteiger partial charge in [-0.3, -0.25) is 0 Å². The van der Waals surface area contributed by atoms with E-state index in [9.17, 15) is 9.90 Å². The normalized spacial score (nSPS) is 10.9. The van der Waals surface area contributed by atoms with Crippen molar-refractivity contribution in [2.24, 2.45) is 0 Å². The maximum absolute atomic E-state index is 11.2. The molecule has 0 aliphatic rings. The van der Waals surface area contributed by atoms with Crippen molar-refractivity contribution in [3.8, 4) is 11.4 Å². The summed E-state index contributed by atoms with van der Waals surface area (Å²) in [5.41, 5.74) is 2.34. The maximum Gasteiger partial charge on any atom is 0.337 e. The van der Waals surface area contributed by atoms with Crippen molar-refractivity contribution in [2.75, 3.05) is 0 Å². The zero-order valence-electron chi connectivity index (χ0n) is 10.0. The van der Waals surface area contributed by atoms with Gasteiger partial charge in [0.15, 0.2) is 0 Å². The van der Waals surface area contributed by atoms with E-state index in [1.54, 1.807) is 12.1 Å². The minimum Gasteiger partial charge on any atom is -0.478 e. The molecule has 2 N–H and O–H groups in total. The molecule has 2 aromatic carbocycles. The topological polar surface area (TPSA) is 66.0 Å². The molecule has 6 heteroatoms. The SMILES string of the molecule is O=C(O)c1cccc2[nH]c(-c3cc(Br)ccc3I)nc12. The molecular weight excluding hydrogens is 435 g/mol. The van der Waals surface area contributed by atoms with Gasteiger partial charge in [-0.25, -0.2) is 9.78 Å². The minimum atomic E-state index is -0.974. The van der Waals surface area contributed by atoms with E-state index in [0.717, 1.165) is 19.1 Å². The van der Waals surface area contributed by atoms with Crippen LogP contribution in [-0.2, 0) is 0 Å². The van der Waals surface area contributed by atoms with Crippen LogP contribution in [0.15, 0.2) is 40.9 Å². The Morgan fingerprint density at radius 1 is 1.30 bits per heavy atom. The maximum atomic E-state index is 11.2. The van der Waals surface area contributed by atoms with E-state index in [1.165, 1.54) is 0 Å². The third-order valence-electron chi connectivity index (χ3n) is 2.93. The summed E-state index contributed by atoms with van der Waals surface area (Å²) >= 11 is 5.67. The number of para-hydroxylation sites is 1. The van der Waals surface area contributed by atoms with Crippen molar-refractivity contribution in [2.45, 2.75) is 0 Å². The molecular formula is C14H8BrIN2O2. The van der Waals surface area contributed by atoms with E-state index < -0.39 is 5.97 Å². The number of benzene rings is 2. The lowest BCUT2D eigenvalue weighted by molar-refractivity contribution is 0.0699. The van der Waals surface area contributed by atoms with Crippen molar-refractivity contribution in [1.82, 2.24) is 9.97 Å². The number of nitrogens with zero attached hydrogens (tertiary/aromatic N) is 1. The van der Waals surface area contributed by atoms with E-state index >= 15 is 0 Å². The highest BCUT2D eigenvalue weighted by Crippen LogP contribution is 2.29.